The Bertz CT molecular complexity index is 691. The number of rotatable bonds is 7. The van der Waals surface area contributed by atoms with Gasteiger partial charge in [-0.3, -0.25) is 9.59 Å². The topological polar surface area (TPSA) is 134 Å². The van der Waals surface area contributed by atoms with Crippen molar-refractivity contribution in [2.75, 3.05) is 25.2 Å². The Morgan fingerprint density at radius 3 is 2.60 bits per heavy atom. The van der Waals surface area contributed by atoms with Crippen LogP contribution in [0.15, 0.2) is 18.2 Å². The summed E-state index contributed by atoms with van der Waals surface area (Å²) in [6, 6.07) is 4.57. The van der Waals surface area contributed by atoms with Gasteiger partial charge < -0.3 is 26.3 Å². The number of anilines is 1. The van der Waals surface area contributed by atoms with E-state index in [1.54, 1.807) is 12.1 Å². The number of carbonyl (C=O) groups is 3. The first-order chi connectivity index (χ1) is 12.0. The van der Waals surface area contributed by atoms with Crippen LogP contribution < -0.4 is 16.8 Å². The molecule has 0 saturated carbocycles. The standard InChI is InChI=1S/C17H21N3O5/c1-12(21)24-11-25-17(23)15-7-6-14(10-13(15)4-2-8-18)20-16(22)5-3-9-19/h6-7,10H,3,5,8-9,11,18-19H2,1H3,(H,20,22). The second kappa shape index (κ2) is 10.8. The highest BCUT2D eigenvalue weighted by Crippen LogP contribution is 2.17. The number of carbonyl (C=O) groups excluding carboxylic acids is 3. The van der Waals surface area contributed by atoms with Crippen molar-refractivity contribution < 1.29 is 23.9 Å². The van der Waals surface area contributed by atoms with Crippen LogP contribution in [0.3, 0.4) is 0 Å². The van der Waals surface area contributed by atoms with Crippen LogP contribution in [0, 0.1) is 11.8 Å². The first kappa shape index (κ1) is 20.2. The number of nitrogens with one attached hydrogen (secondary N) is 1. The first-order valence-electron chi connectivity index (χ1n) is 7.61. The van der Waals surface area contributed by atoms with Crippen LogP contribution in [0.2, 0.25) is 0 Å². The highest BCUT2D eigenvalue weighted by atomic mass is 16.7. The van der Waals surface area contributed by atoms with Gasteiger partial charge in [-0.05, 0) is 31.2 Å². The lowest BCUT2D eigenvalue weighted by molar-refractivity contribution is -0.149. The molecule has 134 valence electrons. The largest absolute Gasteiger partial charge is 0.428 e. The molecule has 5 N–H and O–H groups in total. The normalized spacial score (nSPS) is 9.56. The third-order valence-corrected chi connectivity index (χ3v) is 2.91. The predicted octanol–water partition coefficient (Wildman–Crippen LogP) is 0.352. The van der Waals surface area contributed by atoms with E-state index in [0.29, 0.717) is 30.6 Å². The molecule has 1 aromatic carbocycles. The summed E-state index contributed by atoms with van der Waals surface area (Å²) in [4.78, 5) is 34.5. The number of benzene rings is 1. The number of ether oxygens (including phenoxy) is 2. The molecule has 0 spiro atoms. The van der Waals surface area contributed by atoms with Crippen molar-refractivity contribution in [3.63, 3.8) is 0 Å². The smallest absolute Gasteiger partial charge is 0.342 e. The van der Waals surface area contributed by atoms with Crippen molar-refractivity contribution in [3.05, 3.63) is 29.3 Å². The van der Waals surface area contributed by atoms with Gasteiger partial charge in [0.15, 0.2) is 0 Å². The molecule has 25 heavy (non-hydrogen) atoms. The summed E-state index contributed by atoms with van der Waals surface area (Å²) in [6.07, 6.45) is 0.874. The first-order valence-corrected chi connectivity index (χ1v) is 7.61. The molecule has 1 aromatic rings. The minimum absolute atomic E-state index is 0.106. The van der Waals surface area contributed by atoms with Gasteiger partial charge in [-0.2, -0.15) is 0 Å². The van der Waals surface area contributed by atoms with Crippen LogP contribution in [0.4, 0.5) is 5.69 Å². The Labute approximate surface area is 145 Å². The van der Waals surface area contributed by atoms with Crippen molar-refractivity contribution in [3.8, 4) is 11.8 Å². The fourth-order valence-electron chi connectivity index (χ4n) is 1.78. The van der Waals surface area contributed by atoms with Gasteiger partial charge in [-0.15, -0.1) is 0 Å². The van der Waals surface area contributed by atoms with Crippen molar-refractivity contribution in [1.29, 1.82) is 0 Å². The maximum absolute atomic E-state index is 12.1. The van der Waals surface area contributed by atoms with Crippen LogP contribution in [-0.4, -0.2) is 37.7 Å². The van der Waals surface area contributed by atoms with Crippen LogP contribution >= 0.6 is 0 Å². The third kappa shape index (κ3) is 7.48. The van der Waals surface area contributed by atoms with Crippen LogP contribution in [-0.2, 0) is 19.1 Å². The Hall–Kier alpha value is -2.89. The molecular weight excluding hydrogens is 326 g/mol. The van der Waals surface area contributed by atoms with Gasteiger partial charge in [-0.25, -0.2) is 4.79 Å². The van der Waals surface area contributed by atoms with Crippen LogP contribution in [0.5, 0.6) is 0 Å². The average Bonchev–Trinajstić information content (AvgIpc) is 2.57. The van der Waals surface area contributed by atoms with Gasteiger partial charge in [0.1, 0.15) is 0 Å². The van der Waals surface area contributed by atoms with Crippen LogP contribution in [0.1, 0.15) is 35.7 Å². The number of nitrogens with two attached hydrogens (primary N) is 2. The maximum Gasteiger partial charge on any atom is 0.342 e. The Morgan fingerprint density at radius 2 is 1.96 bits per heavy atom. The van der Waals surface area contributed by atoms with E-state index in [4.69, 9.17) is 16.2 Å². The summed E-state index contributed by atoms with van der Waals surface area (Å²) < 4.78 is 9.42. The average molecular weight is 347 g/mol. The van der Waals surface area contributed by atoms with Crippen molar-refractivity contribution >= 4 is 23.5 Å². The molecule has 1 amide bonds. The minimum atomic E-state index is -0.705. The van der Waals surface area contributed by atoms with Gasteiger partial charge in [0, 0.05) is 24.6 Å². The third-order valence-electron chi connectivity index (χ3n) is 2.91. The predicted molar refractivity (Wildman–Crippen MR) is 91.3 cm³/mol. The molecule has 0 atom stereocenters. The summed E-state index contributed by atoms with van der Waals surface area (Å²) in [7, 11) is 0. The van der Waals surface area contributed by atoms with Crippen molar-refractivity contribution in [2.45, 2.75) is 19.8 Å². The molecule has 0 aliphatic heterocycles. The van der Waals surface area contributed by atoms with Crippen LogP contribution in [0.25, 0.3) is 0 Å². The molecule has 0 aliphatic rings. The highest BCUT2D eigenvalue weighted by molar-refractivity contribution is 5.95. The molecule has 0 unspecified atom stereocenters. The Morgan fingerprint density at radius 1 is 1.20 bits per heavy atom. The van der Waals surface area contributed by atoms with E-state index in [0.717, 1.165) is 0 Å². The maximum atomic E-state index is 12.1. The molecule has 0 aliphatic carbocycles. The molecule has 8 nitrogen and oxygen atoms in total. The summed E-state index contributed by atoms with van der Waals surface area (Å²) in [5, 5.41) is 2.70. The fourth-order valence-corrected chi connectivity index (χ4v) is 1.78. The van der Waals surface area contributed by atoms with E-state index in [1.807, 2.05) is 0 Å². The van der Waals surface area contributed by atoms with Crippen molar-refractivity contribution in [2.24, 2.45) is 11.5 Å². The summed E-state index contributed by atoms with van der Waals surface area (Å²) in [5.74, 6) is 3.94. The molecule has 0 fully saturated rings. The minimum Gasteiger partial charge on any atom is -0.428 e. The lowest BCUT2D eigenvalue weighted by Gasteiger charge is -2.09. The van der Waals surface area contributed by atoms with E-state index in [9.17, 15) is 14.4 Å². The van der Waals surface area contributed by atoms with E-state index in [2.05, 4.69) is 21.9 Å². The molecule has 0 bridgehead atoms. The molecule has 0 heterocycles. The van der Waals surface area contributed by atoms with Gasteiger partial charge >= 0.3 is 11.9 Å². The summed E-state index contributed by atoms with van der Waals surface area (Å²) in [6.45, 7) is 1.24. The van der Waals surface area contributed by atoms with E-state index < -0.39 is 18.7 Å². The molecule has 1 rings (SSSR count). The Kier molecular flexibility index (Phi) is 8.71. The zero-order valence-corrected chi connectivity index (χ0v) is 14.0. The zero-order chi connectivity index (χ0) is 18.7. The molecule has 8 heteroatoms. The van der Waals surface area contributed by atoms with Gasteiger partial charge in [0.2, 0.25) is 12.7 Å². The zero-order valence-electron chi connectivity index (χ0n) is 14.0. The SMILES string of the molecule is CC(=O)OCOC(=O)c1ccc(NC(=O)CCCN)cc1C#CCN. The molecule has 0 saturated heterocycles. The summed E-state index contributed by atoms with van der Waals surface area (Å²) in [5.41, 5.74) is 11.7. The highest BCUT2D eigenvalue weighted by Gasteiger charge is 2.14. The quantitative estimate of drug-likeness (QED) is 0.368. The lowest BCUT2D eigenvalue weighted by Crippen LogP contribution is -2.15. The van der Waals surface area contributed by atoms with E-state index in [1.165, 1.54) is 13.0 Å². The second-order valence-electron chi connectivity index (χ2n) is 4.89. The van der Waals surface area contributed by atoms with Gasteiger partial charge in [0.25, 0.3) is 0 Å². The summed E-state index contributed by atoms with van der Waals surface area (Å²) >= 11 is 0. The second-order valence-corrected chi connectivity index (χ2v) is 4.89. The van der Waals surface area contributed by atoms with Gasteiger partial charge in [-0.1, -0.05) is 11.8 Å². The fraction of sp³-hybridized carbons (Fsp3) is 0.353. The molecule has 0 radical (unpaired) electrons. The lowest BCUT2D eigenvalue weighted by atomic mass is 10.1. The molecular formula is C17H21N3O5. The molecule has 0 aromatic heterocycles. The Balaban J connectivity index is 2.92. The van der Waals surface area contributed by atoms with Gasteiger partial charge in [0.05, 0.1) is 12.1 Å². The number of amides is 1. The van der Waals surface area contributed by atoms with E-state index >= 15 is 0 Å². The number of esters is 2. The monoisotopic (exact) mass is 347 g/mol. The number of hydrogen-bond donors (Lipinski definition) is 3. The van der Waals surface area contributed by atoms with E-state index in [-0.39, 0.29) is 18.0 Å². The van der Waals surface area contributed by atoms with Crippen molar-refractivity contribution in [1.82, 2.24) is 0 Å². The number of hydrogen-bond acceptors (Lipinski definition) is 7.